The number of likely N-dealkylation sites (tertiary alicyclic amines) is 1. The van der Waals surface area contributed by atoms with Crippen molar-refractivity contribution in [2.45, 2.75) is 17.7 Å². The molecule has 0 spiro atoms. The predicted molar refractivity (Wildman–Crippen MR) is 89.2 cm³/mol. The third kappa shape index (κ3) is 3.41. The summed E-state index contributed by atoms with van der Waals surface area (Å²) in [6.45, 7) is 2.80. The van der Waals surface area contributed by atoms with Crippen LogP contribution in [0.25, 0.3) is 10.9 Å². The Bertz CT molecular complexity index is 623. The topological polar surface area (TPSA) is 51.6 Å². The van der Waals surface area contributed by atoms with Crippen molar-refractivity contribution in [2.24, 2.45) is 4.99 Å². The number of aromatic nitrogens is 1. The fourth-order valence-electron chi connectivity index (χ4n) is 2.75. The number of aliphatic hydroxyl groups is 1. The van der Waals surface area contributed by atoms with Crippen molar-refractivity contribution in [3.63, 3.8) is 0 Å². The van der Waals surface area contributed by atoms with Gasteiger partial charge in [-0.05, 0) is 12.5 Å². The molecule has 1 saturated heterocycles. The minimum Gasteiger partial charge on any atom is -0.395 e. The number of para-hydroxylation sites is 1. The number of thioether (sulfide) groups is 1. The van der Waals surface area contributed by atoms with Crippen LogP contribution in [-0.4, -0.2) is 52.8 Å². The zero-order chi connectivity index (χ0) is 14.5. The Balaban J connectivity index is 1.54. The Labute approximate surface area is 129 Å². The molecule has 2 aromatic rings. The van der Waals surface area contributed by atoms with Gasteiger partial charge >= 0.3 is 0 Å². The van der Waals surface area contributed by atoms with Gasteiger partial charge in [0.25, 0.3) is 0 Å². The van der Waals surface area contributed by atoms with Gasteiger partial charge in [-0.3, -0.25) is 4.99 Å². The minimum atomic E-state index is 0.211. The molecule has 1 aliphatic heterocycles. The van der Waals surface area contributed by atoms with E-state index in [0.29, 0.717) is 6.54 Å². The SMILES string of the molecule is OCCN1CCCC1=NCCSc1c[nH]c2ccccc12. The molecule has 0 aliphatic carbocycles. The lowest BCUT2D eigenvalue weighted by Gasteiger charge is -2.17. The summed E-state index contributed by atoms with van der Waals surface area (Å²) in [7, 11) is 0. The second kappa shape index (κ2) is 7.00. The van der Waals surface area contributed by atoms with E-state index in [1.54, 1.807) is 0 Å². The Kier molecular flexibility index (Phi) is 4.83. The highest BCUT2D eigenvalue weighted by Gasteiger charge is 2.17. The number of aliphatic imine (C=N–C) groups is 1. The molecule has 3 rings (SSSR count). The summed E-state index contributed by atoms with van der Waals surface area (Å²) in [5.41, 5.74) is 1.19. The first kappa shape index (κ1) is 14.5. The second-order valence-corrected chi connectivity index (χ2v) is 6.30. The molecule has 0 atom stereocenters. The Hall–Kier alpha value is -1.46. The van der Waals surface area contributed by atoms with Gasteiger partial charge in [0.2, 0.25) is 0 Å². The lowest BCUT2D eigenvalue weighted by molar-refractivity contribution is 0.256. The van der Waals surface area contributed by atoms with Gasteiger partial charge in [0.05, 0.1) is 19.0 Å². The summed E-state index contributed by atoms with van der Waals surface area (Å²) in [5.74, 6) is 2.15. The van der Waals surface area contributed by atoms with Crippen LogP contribution in [0.4, 0.5) is 0 Å². The van der Waals surface area contributed by atoms with Gasteiger partial charge in [0.15, 0.2) is 0 Å². The average Bonchev–Trinajstić information content (AvgIpc) is 3.11. The fraction of sp³-hybridized carbons (Fsp3) is 0.438. The maximum absolute atomic E-state index is 9.04. The predicted octanol–water partition coefficient (Wildman–Crippen LogP) is 2.75. The number of nitrogens with zero attached hydrogens (tertiary/aromatic N) is 2. The number of amidine groups is 1. The number of hydrogen-bond donors (Lipinski definition) is 2. The van der Waals surface area contributed by atoms with E-state index >= 15 is 0 Å². The molecule has 0 saturated carbocycles. The molecule has 1 aliphatic rings. The summed E-state index contributed by atoms with van der Waals surface area (Å²) in [5, 5.41) is 10.3. The van der Waals surface area contributed by atoms with Crippen molar-refractivity contribution >= 4 is 28.5 Å². The summed E-state index contributed by atoms with van der Waals surface area (Å²) in [4.78, 5) is 11.5. The zero-order valence-corrected chi connectivity index (χ0v) is 12.9. The number of H-pyrrole nitrogens is 1. The van der Waals surface area contributed by atoms with E-state index in [1.165, 1.54) is 21.6 Å². The molecule has 0 radical (unpaired) electrons. The number of fused-ring (bicyclic) bond motifs is 1. The Morgan fingerprint density at radius 2 is 2.24 bits per heavy atom. The average molecular weight is 303 g/mol. The molecule has 4 nitrogen and oxygen atoms in total. The monoisotopic (exact) mass is 303 g/mol. The van der Waals surface area contributed by atoms with Gasteiger partial charge in [-0.25, -0.2) is 0 Å². The van der Waals surface area contributed by atoms with Crippen LogP contribution in [-0.2, 0) is 0 Å². The second-order valence-electron chi connectivity index (χ2n) is 5.16. The normalized spacial score (nSPS) is 17.2. The van der Waals surface area contributed by atoms with Crippen LogP contribution in [0.1, 0.15) is 12.8 Å². The fourth-order valence-corrected chi connectivity index (χ4v) is 3.63. The number of β-amino-alcohol motifs (C(OH)–C–C–N with tert-alkyl or cyclic N) is 1. The zero-order valence-electron chi connectivity index (χ0n) is 12.1. The number of aliphatic hydroxyl groups excluding tert-OH is 1. The van der Waals surface area contributed by atoms with Crippen molar-refractivity contribution < 1.29 is 5.11 Å². The summed E-state index contributed by atoms with van der Waals surface area (Å²) in [6.07, 6.45) is 4.29. The lowest BCUT2D eigenvalue weighted by Crippen LogP contribution is -2.28. The van der Waals surface area contributed by atoms with Gasteiger partial charge < -0.3 is 15.0 Å². The van der Waals surface area contributed by atoms with Gasteiger partial charge in [-0.1, -0.05) is 18.2 Å². The molecular weight excluding hydrogens is 282 g/mol. The van der Waals surface area contributed by atoms with Gasteiger partial charge in [-0.15, -0.1) is 11.8 Å². The molecule has 5 heteroatoms. The largest absolute Gasteiger partial charge is 0.395 e. The van der Waals surface area contributed by atoms with E-state index in [9.17, 15) is 0 Å². The van der Waals surface area contributed by atoms with Crippen molar-refractivity contribution in [3.05, 3.63) is 30.5 Å². The first-order valence-corrected chi connectivity index (χ1v) is 8.45. The van der Waals surface area contributed by atoms with Gasteiger partial charge in [0.1, 0.15) is 0 Å². The Morgan fingerprint density at radius 3 is 3.14 bits per heavy atom. The molecule has 2 N–H and O–H groups in total. The molecule has 0 bridgehead atoms. The third-order valence-corrected chi connectivity index (χ3v) is 4.79. The summed E-state index contributed by atoms with van der Waals surface area (Å²) in [6, 6.07) is 8.38. The number of rotatable bonds is 6. The summed E-state index contributed by atoms with van der Waals surface area (Å²) < 4.78 is 0. The molecule has 0 unspecified atom stereocenters. The van der Waals surface area contributed by atoms with Crippen LogP contribution in [0.3, 0.4) is 0 Å². The van der Waals surface area contributed by atoms with Gasteiger partial charge in [0, 0.05) is 47.3 Å². The van der Waals surface area contributed by atoms with E-state index in [2.05, 4.69) is 40.3 Å². The van der Waals surface area contributed by atoms with E-state index in [-0.39, 0.29) is 6.61 Å². The molecule has 1 fully saturated rings. The number of nitrogens with one attached hydrogen (secondary N) is 1. The molecular formula is C16H21N3OS. The highest BCUT2D eigenvalue weighted by Crippen LogP contribution is 2.27. The van der Waals surface area contributed by atoms with Gasteiger partial charge in [-0.2, -0.15) is 0 Å². The van der Waals surface area contributed by atoms with Crippen LogP contribution in [0.2, 0.25) is 0 Å². The van der Waals surface area contributed by atoms with Crippen molar-refractivity contribution in [1.82, 2.24) is 9.88 Å². The van der Waals surface area contributed by atoms with Crippen LogP contribution in [0.15, 0.2) is 40.4 Å². The van der Waals surface area contributed by atoms with E-state index < -0.39 is 0 Å². The number of hydrogen-bond acceptors (Lipinski definition) is 3. The number of aromatic amines is 1. The first-order valence-electron chi connectivity index (χ1n) is 7.46. The van der Waals surface area contributed by atoms with E-state index in [4.69, 9.17) is 10.1 Å². The molecule has 1 aromatic carbocycles. The molecule has 2 heterocycles. The standard InChI is InChI=1S/C16H21N3OS/c20-10-9-19-8-3-6-16(19)17-7-11-21-15-12-18-14-5-2-1-4-13(14)15/h1-2,4-5,12,18,20H,3,6-11H2. The van der Waals surface area contributed by atoms with Crippen LogP contribution in [0, 0.1) is 0 Å². The first-order chi connectivity index (χ1) is 10.4. The highest BCUT2D eigenvalue weighted by molar-refractivity contribution is 7.99. The van der Waals surface area contributed by atoms with E-state index in [0.717, 1.165) is 31.7 Å². The van der Waals surface area contributed by atoms with Crippen molar-refractivity contribution in [1.29, 1.82) is 0 Å². The maximum Gasteiger partial charge on any atom is 0.0990 e. The lowest BCUT2D eigenvalue weighted by atomic mass is 10.2. The third-order valence-electron chi connectivity index (χ3n) is 3.76. The number of benzene rings is 1. The van der Waals surface area contributed by atoms with Crippen LogP contribution in [0.5, 0.6) is 0 Å². The van der Waals surface area contributed by atoms with Crippen molar-refractivity contribution in [2.75, 3.05) is 32.0 Å². The van der Waals surface area contributed by atoms with Crippen LogP contribution < -0.4 is 0 Å². The summed E-state index contributed by atoms with van der Waals surface area (Å²) >= 11 is 1.85. The molecule has 21 heavy (non-hydrogen) atoms. The maximum atomic E-state index is 9.04. The Morgan fingerprint density at radius 1 is 1.33 bits per heavy atom. The highest BCUT2D eigenvalue weighted by atomic mass is 32.2. The molecule has 112 valence electrons. The van der Waals surface area contributed by atoms with Crippen molar-refractivity contribution in [3.8, 4) is 0 Å². The molecule has 0 amide bonds. The minimum absolute atomic E-state index is 0.211. The van der Waals surface area contributed by atoms with E-state index in [1.807, 2.05) is 11.8 Å². The molecule has 1 aromatic heterocycles. The quantitative estimate of drug-likeness (QED) is 0.637. The van der Waals surface area contributed by atoms with Crippen LogP contribution >= 0.6 is 11.8 Å². The smallest absolute Gasteiger partial charge is 0.0990 e.